The number of nitrogens with zero attached hydrogens (tertiary/aromatic N) is 1. The zero-order valence-corrected chi connectivity index (χ0v) is 16.6. The molecule has 8 heteroatoms. The fraction of sp³-hybridized carbons (Fsp3) is 0.318. The molecule has 3 heterocycles. The number of aryl methyl sites for hydroxylation is 1. The first-order valence-electron chi connectivity index (χ1n) is 9.79. The lowest BCUT2D eigenvalue weighted by molar-refractivity contribution is -0.124. The molecule has 156 valence electrons. The summed E-state index contributed by atoms with van der Waals surface area (Å²) in [4.78, 5) is 37.8. The highest BCUT2D eigenvalue weighted by molar-refractivity contribution is 5.91. The molecule has 4 rings (SSSR count). The van der Waals surface area contributed by atoms with E-state index in [1.807, 2.05) is 6.92 Å². The molecule has 0 saturated carbocycles. The summed E-state index contributed by atoms with van der Waals surface area (Å²) < 4.78 is 15.9. The van der Waals surface area contributed by atoms with E-state index in [0.717, 1.165) is 10.9 Å². The maximum Gasteiger partial charge on any atom is 0.336 e. The van der Waals surface area contributed by atoms with Crippen LogP contribution in [0.5, 0.6) is 5.75 Å². The molecule has 0 unspecified atom stereocenters. The number of hydrogen-bond acceptors (Lipinski definition) is 6. The second kappa shape index (κ2) is 8.44. The van der Waals surface area contributed by atoms with Crippen LogP contribution in [0.4, 0.5) is 0 Å². The Balaban J connectivity index is 1.27. The van der Waals surface area contributed by atoms with Crippen molar-refractivity contribution >= 4 is 22.8 Å². The number of nitrogens with one attached hydrogen (secondary N) is 1. The van der Waals surface area contributed by atoms with Gasteiger partial charge in [0.2, 0.25) is 0 Å². The highest BCUT2D eigenvalue weighted by Crippen LogP contribution is 2.22. The number of furan rings is 1. The smallest absolute Gasteiger partial charge is 0.336 e. The van der Waals surface area contributed by atoms with E-state index in [1.165, 1.54) is 12.3 Å². The molecule has 1 N–H and O–H groups in total. The van der Waals surface area contributed by atoms with Crippen LogP contribution in [0, 0.1) is 6.92 Å². The Morgan fingerprint density at radius 3 is 2.73 bits per heavy atom. The van der Waals surface area contributed by atoms with Crippen LogP contribution in [0.2, 0.25) is 0 Å². The fourth-order valence-corrected chi connectivity index (χ4v) is 3.60. The quantitative estimate of drug-likeness (QED) is 0.649. The van der Waals surface area contributed by atoms with Crippen LogP contribution < -0.4 is 15.7 Å². The summed E-state index contributed by atoms with van der Waals surface area (Å²) in [6.45, 7) is 2.79. The first-order chi connectivity index (χ1) is 14.5. The van der Waals surface area contributed by atoms with Gasteiger partial charge in [-0.15, -0.1) is 0 Å². The Morgan fingerprint density at radius 1 is 1.20 bits per heavy atom. The number of rotatable bonds is 5. The van der Waals surface area contributed by atoms with E-state index in [9.17, 15) is 14.4 Å². The van der Waals surface area contributed by atoms with Crippen molar-refractivity contribution in [1.82, 2.24) is 10.2 Å². The lowest BCUT2D eigenvalue weighted by Crippen LogP contribution is -2.47. The summed E-state index contributed by atoms with van der Waals surface area (Å²) in [7, 11) is 0. The summed E-state index contributed by atoms with van der Waals surface area (Å²) >= 11 is 0. The van der Waals surface area contributed by atoms with Gasteiger partial charge >= 0.3 is 5.63 Å². The molecule has 1 aliphatic rings. The van der Waals surface area contributed by atoms with Crippen LogP contribution in [-0.2, 0) is 4.79 Å². The average molecular weight is 410 g/mol. The van der Waals surface area contributed by atoms with E-state index in [-0.39, 0.29) is 24.5 Å². The Bertz CT molecular complexity index is 1110. The van der Waals surface area contributed by atoms with Gasteiger partial charge in [-0.25, -0.2) is 4.79 Å². The molecular weight excluding hydrogens is 388 g/mol. The fourth-order valence-electron chi connectivity index (χ4n) is 3.60. The molecule has 1 fully saturated rings. The SMILES string of the molecule is Cc1cc(=O)oc2cc(OCC(=O)NC3CCN(C(=O)c4ccco4)CC3)ccc12. The van der Waals surface area contributed by atoms with Gasteiger partial charge in [0.25, 0.3) is 11.8 Å². The third-order valence-corrected chi connectivity index (χ3v) is 5.17. The van der Waals surface area contributed by atoms with Gasteiger partial charge in [-0.05, 0) is 49.6 Å². The third kappa shape index (κ3) is 4.37. The minimum atomic E-state index is -0.424. The van der Waals surface area contributed by atoms with Gasteiger partial charge in [0.05, 0.1) is 6.26 Å². The van der Waals surface area contributed by atoms with E-state index < -0.39 is 5.63 Å². The zero-order chi connectivity index (χ0) is 21.1. The largest absolute Gasteiger partial charge is 0.484 e. The maximum absolute atomic E-state index is 12.3. The van der Waals surface area contributed by atoms with E-state index in [4.69, 9.17) is 13.6 Å². The van der Waals surface area contributed by atoms with Crippen LogP contribution in [0.1, 0.15) is 29.0 Å². The molecule has 0 atom stereocenters. The Labute approximate surface area is 172 Å². The van der Waals surface area contributed by atoms with Gasteiger partial charge in [-0.1, -0.05) is 0 Å². The van der Waals surface area contributed by atoms with Crippen LogP contribution >= 0.6 is 0 Å². The van der Waals surface area contributed by atoms with Crippen LogP contribution in [-0.4, -0.2) is 42.5 Å². The molecule has 1 aromatic carbocycles. The molecule has 3 aromatic rings. The molecule has 1 aliphatic heterocycles. The van der Waals surface area contributed by atoms with Crippen molar-refractivity contribution in [2.75, 3.05) is 19.7 Å². The monoisotopic (exact) mass is 410 g/mol. The first-order valence-corrected chi connectivity index (χ1v) is 9.79. The molecule has 8 nitrogen and oxygen atoms in total. The summed E-state index contributed by atoms with van der Waals surface area (Å²) in [5, 5.41) is 3.76. The second-order valence-electron chi connectivity index (χ2n) is 7.31. The Kier molecular flexibility index (Phi) is 5.56. The summed E-state index contributed by atoms with van der Waals surface area (Å²) in [5.41, 5.74) is 0.820. The van der Waals surface area contributed by atoms with E-state index in [2.05, 4.69) is 5.32 Å². The number of hydrogen-bond donors (Lipinski definition) is 1. The molecular formula is C22H22N2O6. The highest BCUT2D eigenvalue weighted by Gasteiger charge is 2.25. The molecule has 2 amide bonds. The molecule has 2 aromatic heterocycles. The van der Waals surface area contributed by atoms with Gasteiger partial charge in [-0.3, -0.25) is 9.59 Å². The van der Waals surface area contributed by atoms with Gasteiger partial charge in [0, 0.05) is 36.7 Å². The Hall–Kier alpha value is -3.55. The van der Waals surface area contributed by atoms with Crippen molar-refractivity contribution in [2.24, 2.45) is 0 Å². The zero-order valence-electron chi connectivity index (χ0n) is 16.6. The summed E-state index contributed by atoms with van der Waals surface area (Å²) in [6, 6.07) is 9.89. The van der Waals surface area contributed by atoms with Crippen LogP contribution in [0.25, 0.3) is 11.0 Å². The Morgan fingerprint density at radius 2 is 2.00 bits per heavy atom. The van der Waals surface area contributed by atoms with Gasteiger partial charge in [0.1, 0.15) is 11.3 Å². The highest BCUT2D eigenvalue weighted by atomic mass is 16.5. The number of likely N-dealkylation sites (tertiary alicyclic amines) is 1. The van der Waals surface area contributed by atoms with Crippen molar-refractivity contribution in [3.63, 3.8) is 0 Å². The normalized spacial score (nSPS) is 14.6. The second-order valence-corrected chi connectivity index (χ2v) is 7.31. The van der Waals surface area contributed by atoms with Crippen molar-refractivity contribution in [2.45, 2.75) is 25.8 Å². The van der Waals surface area contributed by atoms with Crippen LogP contribution in [0.15, 0.2) is 56.3 Å². The van der Waals surface area contributed by atoms with Gasteiger partial charge < -0.3 is 23.8 Å². The standard InChI is InChI=1S/C22H22N2O6/c1-14-11-21(26)30-19-12-16(4-5-17(14)19)29-13-20(25)23-15-6-8-24(9-7-15)22(27)18-3-2-10-28-18/h2-5,10-12,15H,6-9,13H2,1H3,(H,23,25). The number of carbonyl (C=O) groups is 2. The number of ether oxygens (including phenoxy) is 1. The molecule has 0 aliphatic carbocycles. The topological polar surface area (TPSA) is 102 Å². The number of benzene rings is 1. The predicted molar refractivity (Wildman–Crippen MR) is 108 cm³/mol. The number of amides is 2. The van der Waals surface area contributed by atoms with Gasteiger partial charge in [0.15, 0.2) is 12.4 Å². The lowest BCUT2D eigenvalue weighted by atomic mass is 10.0. The van der Waals surface area contributed by atoms with Gasteiger partial charge in [-0.2, -0.15) is 0 Å². The van der Waals surface area contributed by atoms with Crippen molar-refractivity contribution < 1.29 is 23.2 Å². The van der Waals surface area contributed by atoms with E-state index in [1.54, 1.807) is 35.2 Å². The number of fused-ring (bicyclic) bond motifs is 1. The molecule has 0 spiro atoms. The summed E-state index contributed by atoms with van der Waals surface area (Å²) in [6.07, 6.45) is 2.81. The van der Waals surface area contributed by atoms with Crippen molar-refractivity contribution in [3.05, 3.63) is 64.4 Å². The molecule has 1 saturated heterocycles. The molecule has 30 heavy (non-hydrogen) atoms. The molecule has 0 bridgehead atoms. The predicted octanol–water partition coefficient (Wildman–Crippen LogP) is 2.49. The number of carbonyl (C=O) groups excluding carboxylic acids is 2. The lowest BCUT2D eigenvalue weighted by Gasteiger charge is -2.31. The van der Waals surface area contributed by atoms with E-state index >= 15 is 0 Å². The van der Waals surface area contributed by atoms with Crippen molar-refractivity contribution in [1.29, 1.82) is 0 Å². The minimum absolute atomic E-state index is 0.0148. The van der Waals surface area contributed by atoms with Crippen LogP contribution in [0.3, 0.4) is 0 Å². The first kappa shape index (κ1) is 19.8. The third-order valence-electron chi connectivity index (χ3n) is 5.17. The molecule has 0 radical (unpaired) electrons. The minimum Gasteiger partial charge on any atom is -0.484 e. The average Bonchev–Trinajstić information content (AvgIpc) is 3.27. The summed E-state index contributed by atoms with van der Waals surface area (Å²) in [5.74, 6) is 0.403. The number of piperidine rings is 1. The van der Waals surface area contributed by atoms with E-state index in [0.29, 0.717) is 43.0 Å². The maximum atomic E-state index is 12.3. The van der Waals surface area contributed by atoms with Crippen molar-refractivity contribution in [3.8, 4) is 5.75 Å².